The van der Waals surface area contributed by atoms with Crippen molar-refractivity contribution in [3.05, 3.63) is 71.8 Å². The fourth-order valence-electron chi connectivity index (χ4n) is 3.85. The summed E-state index contributed by atoms with van der Waals surface area (Å²) in [6.45, 7) is 7.05. The van der Waals surface area contributed by atoms with Crippen LogP contribution in [0.5, 0.6) is 0 Å². The average molecular weight is 384 g/mol. The predicted molar refractivity (Wildman–Crippen MR) is 112 cm³/mol. The molecule has 3 atom stereocenters. The van der Waals surface area contributed by atoms with E-state index in [-0.39, 0.29) is 12.2 Å². The number of nitrogens with two attached hydrogens (primary N) is 1. The van der Waals surface area contributed by atoms with E-state index in [0.29, 0.717) is 13.2 Å². The van der Waals surface area contributed by atoms with Crippen molar-refractivity contribution in [2.75, 3.05) is 6.61 Å². The molecule has 1 aliphatic rings. The van der Waals surface area contributed by atoms with E-state index in [1.165, 1.54) is 5.56 Å². The lowest BCUT2D eigenvalue weighted by atomic mass is 9.82. The standard InChI is InChI=1S/C24H33NO3/c1-4-24(25,16-15-19-11-7-5-8-12-19)22-21(27-23(2,3)28-22)18-26-17-20-13-9-6-10-14-20/h5-14,21-22H,4,15-18,25H2,1-3H3/t21-,22+,24+/m0/s1. The first-order valence-electron chi connectivity index (χ1n) is 10.2. The fourth-order valence-corrected chi connectivity index (χ4v) is 3.85. The van der Waals surface area contributed by atoms with Crippen LogP contribution < -0.4 is 5.73 Å². The Hall–Kier alpha value is -1.72. The van der Waals surface area contributed by atoms with Crippen LogP contribution in [0.1, 0.15) is 44.7 Å². The Balaban J connectivity index is 1.64. The number of hydrogen-bond donors (Lipinski definition) is 1. The third-order valence-electron chi connectivity index (χ3n) is 5.52. The smallest absolute Gasteiger partial charge is 0.163 e. The Kier molecular flexibility index (Phi) is 6.89. The largest absolute Gasteiger partial charge is 0.374 e. The van der Waals surface area contributed by atoms with Crippen molar-refractivity contribution < 1.29 is 14.2 Å². The number of hydrogen-bond acceptors (Lipinski definition) is 4. The molecule has 4 nitrogen and oxygen atoms in total. The number of rotatable bonds is 9. The monoisotopic (exact) mass is 383 g/mol. The first-order valence-corrected chi connectivity index (χ1v) is 10.2. The average Bonchev–Trinajstić information content (AvgIpc) is 3.03. The normalized spacial score (nSPS) is 23.4. The summed E-state index contributed by atoms with van der Waals surface area (Å²) in [6, 6.07) is 20.6. The zero-order valence-electron chi connectivity index (χ0n) is 17.3. The molecule has 0 saturated carbocycles. The highest BCUT2D eigenvalue weighted by Gasteiger charge is 2.50. The van der Waals surface area contributed by atoms with Gasteiger partial charge in [0.1, 0.15) is 12.2 Å². The zero-order chi connectivity index (χ0) is 20.0. The molecule has 1 fully saturated rings. The summed E-state index contributed by atoms with van der Waals surface area (Å²) in [4.78, 5) is 0. The van der Waals surface area contributed by atoms with Gasteiger partial charge in [0.2, 0.25) is 0 Å². The van der Waals surface area contributed by atoms with Crippen LogP contribution in [0.4, 0.5) is 0 Å². The van der Waals surface area contributed by atoms with E-state index in [1.54, 1.807) is 0 Å². The molecule has 4 heteroatoms. The minimum Gasteiger partial charge on any atom is -0.374 e. The van der Waals surface area contributed by atoms with Crippen molar-refractivity contribution in [1.29, 1.82) is 0 Å². The first kappa shape index (κ1) is 21.0. The van der Waals surface area contributed by atoms with Gasteiger partial charge in [0, 0.05) is 5.54 Å². The van der Waals surface area contributed by atoms with Crippen molar-refractivity contribution in [2.24, 2.45) is 5.73 Å². The van der Waals surface area contributed by atoms with Gasteiger partial charge in [0.05, 0.1) is 13.2 Å². The summed E-state index contributed by atoms with van der Waals surface area (Å²) in [5.74, 6) is -0.655. The maximum Gasteiger partial charge on any atom is 0.163 e. The maximum absolute atomic E-state index is 6.88. The molecule has 28 heavy (non-hydrogen) atoms. The van der Waals surface area contributed by atoms with Gasteiger partial charge in [-0.15, -0.1) is 0 Å². The minimum atomic E-state index is -0.655. The van der Waals surface area contributed by atoms with Crippen LogP contribution in [-0.4, -0.2) is 30.1 Å². The topological polar surface area (TPSA) is 53.7 Å². The molecule has 3 rings (SSSR count). The van der Waals surface area contributed by atoms with Crippen molar-refractivity contribution >= 4 is 0 Å². The Morgan fingerprint density at radius 3 is 2.18 bits per heavy atom. The van der Waals surface area contributed by atoms with E-state index in [4.69, 9.17) is 19.9 Å². The number of ether oxygens (including phenoxy) is 3. The van der Waals surface area contributed by atoms with Gasteiger partial charge < -0.3 is 19.9 Å². The molecule has 152 valence electrons. The van der Waals surface area contributed by atoms with Crippen LogP contribution in [0.2, 0.25) is 0 Å². The van der Waals surface area contributed by atoms with Gasteiger partial charge in [0.25, 0.3) is 0 Å². The first-order chi connectivity index (χ1) is 13.4. The van der Waals surface area contributed by atoms with Gasteiger partial charge in [-0.25, -0.2) is 0 Å². The molecule has 0 aromatic heterocycles. The van der Waals surface area contributed by atoms with Crippen LogP contribution in [-0.2, 0) is 27.2 Å². The lowest BCUT2D eigenvalue weighted by Gasteiger charge is -2.36. The molecule has 2 aromatic rings. The lowest BCUT2D eigenvalue weighted by Crippen LogP contribution is -2.56. The van der Waals surface area contributed by atoms with Crippen LogP contribution in [0.15, 0.2) is 60.7 Å². The molecule has 2 aromatic carbocycles. The second kappa shape index (κ2) is 9.19. The Bertz CT molecular complexity index is 719. The third-order valence-corrected chi connectivity index (χ3v) is 5.52. The van der Waals surface area contributed by atoms with Gasteiger partial charge in [0.15, 0.2) is 5.79 Å². The van der Waals surface area contributed by atoms with E-state index >= 15 is 0 Å². The zero-order valence-corrected chi connectivity index (χ0v) is 17.3. The second-order valence-corrected chi connectivity index (χ2v) is 8.17. The van der Waals surface area contributed by atoms with E-state index in [9.17, 15) is 0 Å². The van der Waals surface area contributed by atoms with Crippen LogP contribution in [0.25, 0.3) is 0 Å². The molecule has 0 bridgehead atoms. The summed E-state index contributed by atoms with van der Waals surface area (Å²) < 4.78 is 18.4. The number of aryl methyl sites for hydroxylation is 1. The van der Waals surface area contributed by atoms with Crippen LogP contribution in [0, 0.1) is 0 Å². The third kappa shape index (κ3) is 5.42. The van der Waals surface area contributed by atoms with Crippen molar-refractivity contribution in [3.8, 4) is 0 Å². The SMILES string of the molecule is CC[C@@](N)(CCc1ccccc1)[C@@H]1OC(C)(C)O[C@H]1COCc1ccccc1. The van der Waals surface area contributed by atoms with E-state index in [2.05, 4.69) is 43.3 Å². The highest BCUT2D eigenvalue weighted by molar-refractivity contribution is 5.16. The highest BCUT2D eigenvalue weighted by atomic mass is 16.8. The molecule has 1 aliphatic heterocycles. The molecule has 0 unspecified atom stereocenters. The Morgan fingerprint density at radius 2 is 1.57 bits per heavy atom. The molecule has 0 spiro atoms. The maximum atomic E-state index is 6.88. The molecule has 1 saturated heterocycles. The Labute approximate surface area is 169 Å². The summed E-state index contributed by atoms with van der Waals surface area (Å²) >= 11 is 0. The second-order valence-electron chi connectivity index (χ2n) is 8.17. The molecule has 0 aliphatic carbocycles. The quantitative estimate of drug-likeness (QED) is 0.694. The van der Waals surface area contributed by atoms with Crippen molar-refractivity contribution in [2.45, 2.75) is 70.2 Å². The van der Waals surface area contributed by atoms with E-state index < -0.39 is 11.3 Å². The van der Waals surface area contributed by atoms with Gasteiger partial charge in [-0.05, 0) is 44.2 Å². The number of benzene rings is 2. The van der Waals surface area contributed by atoms with E-state index in [1.807, 2.05) is 38.1 Å². The van der Waals surface area contributed by atoms with Gasteiger partial charge in [-0.2, -0.15) is 0 Å². The van der Waals surface area contributed by atoms with Gasteiger partial charge >= 0.3 is 0 Å². The van der Waals surface area contributed by atoms with Gasteiger partial charge in [-0.3, -0.25) is 0 Å². The summed E-state index contributed by atoms with van der Waals surface area (Å²) in [6.07, 6.45) is 2.20. The Morgan fingerprint density at radius 1 is 0.964 bits per heavy atom. The lowest BCUT2D eigenvalue weighted by molar-refractivity contribution is -0.155. The highest BCUT2D eigenvalue weighted by Crippen LogP contribution is 2.36. The minimum absolute atomic E-state index is 0.181. The van der Waals surface area contributed by atoms with Gasteiger partial charge in [-0.1, -0.05) is 67.6 Å². The van der Waals surface area contributed by atoms with Crippen molar-refractivity contribution in [3.63, 3.8) is 0 Å². The summed E-state index contributed by atoms with van der Waals surface area (Å²) in [5, 5.41) is 0. The fraction of sp³-hybridized carbons (Fsp3) is 0.500. The molecular formula is C24H33NO3. The molecule has 2 N–H and O–H groups in total. The molecule has 0 amide bonds. The van der Waals surface area contributed by atoms with Crippen LogP contribution in [0.3, 0.4) is 0 Å². The van der Waals surface area contributed by atoms with Crippen molar-refractivity contribution in [1.82, 2.24) is 0 Å². The molecular weight excluding hydrogens is 350 g/mol. The summed E-state index contributed by atoms with van der Waals surface area (Å²) in [7, 11) is 0. The molecule has 0 radical (unpaired) electrons. The van der Waals surface area contributed by atoms with E-state index in [0.717, 1.165) is 24.8 Å². The summed E-state index contributed by atoms with van der Waals surface area (Å²) in [5.41, 5.74) is 8.86. The molecule has 1 heterocycles. The van der Waals surface area contributed by atoms with Crippen LogP contribution >= 0.6 is 0 Å². The predicted octanol–water partition coefficient (Wildman–Crippen LogP) is 4.46.